The summed E-state index contributed by atoms with van der Waals surface area (Å²) in [4.78, 5) is -0.0361. The van der Waals surface area contributed by atoms with Gasteiger partial charge in [0, 0.05) is 0 Å². The van der Waals surface area contributed by atoms with Crippen molar-refractivity contribution in [3.05, 3.63) is 60.0 Å². The first-order valence-corrected chi connectivity index (χ1v) is 8.77. The summed E-state index contributed by atoms with van der Waals surface area (Å²) in [5.41, 5.74) is 1.47. The molecule has 0 saturated heterocycles. The highest BCUT2D eigenvalue weighted by molar-refractivity contribution is 7.92. The zero-order chi connectivity index (χ0) is 18.0. The fourth-order valence-electron chi connectivity index (χ4n) is 2.38. The SMILES string of the molecule is COc1ccc(-c2cnoc2NS(=O)(=O)c2ccc(F)cc2C)cc1. The molecule has 0 amide bonds. The first kappa shape index (κ1) is 17.0. The van der Waals surface area contributed by atoms with E-state index in [2.05, 4.69) is 9.88 Å². The summed E-state index contributed by atoms with van der Waals surface area (Å²) in [7, 11) is -2.39. The monoisotopic (exact) mass is 362 g/mol. The predicted octanol–water partition coefficient (Wildman–Crippen LogP) is 3.60. The van der Waals surface area contributed by atoms with Crippen LogP contribution in [0.3, 0.4) is 0 Å². The number of ether oxygens (including phenoxy) is 1. The minimum atomic E-state index is -3.95. The fraction of sp³-hybridized carbons (Fsp3) is 0.118. The third kappa shape index (κ3) is 3.48. The van der Waals surface area contributed by atoms with Crippen molar-refractivity contribution >= 4 is 15.9 Å². The van der Waals surface area contributed by atoms with Crippen LogP contribution in [0.15, 0.2) is 58.1 Å². The van der Waals surface area contributed by atoms with Crippen molar-refractivity contribution in [2.24, 2.45) is 0 Å². The summed E-state index contributed by atoms with van der Waals surface area (Å²) in [5.74, 6) is 0.146. The molecule has 0 fully saturated rings. The molecular weight excluding hydrogens is 347 g/mol. The van der Waals surface area contributed by atoms with E-state index in [1.54, 1.807) is 31.4 Å². The minimum absolute atomic E-state index is 0.0195. The van der Waals surface area contributed by atoms with Crippen LogP contribution in [0.5, 0.6) is 5.75 Å². The number of rotatable bonds is 5. The largest absolute Gasteiger partial charge is 0.497 e. The Bertz CT molecular complexity index is 998. The molecule has 0 bridgehead atoms. The van der Waals surface area contributed by atoms with Gasteiger partial charge in [-0.2, -0.15) is 0 Å². The Labute approximate surface area is 144 Å². The number of anilines is 1. The Hall–Kier alpha value is -2.87. The Kier molecular flexibility index (Phi) is 4.45. The third-order valence-electron chi connectivity index (χ3n) is 3.63. The molecule has 3 rings (SSSR count). The molecule has 0 radical (unpaired) electrons. The van der Waals surface area contributed by atoms with Crippen LogP contribution < -0.4 is 9.46 Å². The molecule has 3 aromatic rings. The lowest BCUT2D eigenvalue weighted by molar-refractivity contribution is 0.415. The van der Waals surface area contributed by atoms with Crippen molar-refractivity contribution in [1.29, 1.82) is 0 Å². The summed E-state index contributed by atoms with van der Waals surface area (Å²) < 4.78 is 50.9. The average molecular weight is 362 g/mol. The summed E-state index contributed by atoms with van der Waals surface area (Å²) >= 11 is 0. The number of nitrogens with one attached hydrogen (secondary N) is 1. The van der Waals surface area contributed by atoms with Gasteiger partial charge in [-0.3, -0.25) is 0 Å². The molecule has 8 heteroatoms. The lowest BCUT2D eigenvalue weighted by Crippen LogP contribution is -2.14. The second-order valence-electron chi connectivity index (χ2n) is 5.31. The molecule has 1 aromatic heterocycles. The van der Waals surface area contributed by atoms with E-state index in [4.69, 9.17) is 9.26 Å². The van der Waals surface area contributed by atoms with E-state index < -0.39 is 15.8 Å². The second-order valence-corrected chi connectivity index (χ2v) is 6.96. The number of aryl methyl sites for hydroxylation is 1. The molecule has 25 heavy (non-hydrogen) atoms. The van der Waals surface area contributed by atoms with Gasteiger partial charge in [-0.15, -0.1) is 0 Å². The zero-order valence-electron chi connectivity index (χ0n) is 13.5. The standard InChI is InChI=1S/C17H15FN2O4S/c1-11-9-13(18)5-8-16(11)25(21,22)20-17-15(10-19-24-17)12-3-6-14(23-2)7-4-12/h3-10,20H,1-2H3. The van der Waals surface area contributed by atoms with Gasteiger partial charge < -0.3 is 9.26 Å². The normalized spacial score (nSPS) is 11.3. The number of nitrogens with zero attached hydrogens (tertiary/aromatic N) is 1. The van der Waals surface area contributed by atoms with Gasteiger partial charge in [0.25, 0.3) is 10.0 Å². The first-order chi connectivity index (χ1) is 11.9. The van der Waals surface area contributed by atoms with Gasteiger partial charge in [0.05, 0.1) is 23.8 Å². The number of aromatic nitrogens is 1. The van der Waals surface area contributed by atoms with Gasteiger partial charge in [0.15, 0.2) is 0 Å². The third-order valence-corrected chi connectivity index (χ3v) is 5.12. The second kappa shape index (κ2) is 6.56. The van der Waals surface area contributed by atoms with E-state index in [9.17, 15) is 12.8 Å². The van der Waals surface area contributed by atoms with Crippen LogP contribution in [0.25, 0.3) is 11.1 Å². The van der Waals surface area contributed by atoms with Gasteiger partial charge in [0.1, 0.15) is 11.6 Å². The van der Waals surface area contributed by atoms with Crippen molar-refractivity contribution in [3.63, 3.8) is 0 Å². The van der Waals surface area contributed by atoms with Crippen molar-refractivity contribution in [3.8, 4) is 16.9 Å². The van der Waals surface area contributed by atoms with E-state index >= 15 is 0 Å². The molecule has 1 heterocycles. The Morgan fingerprint density at radius 1 is 1.16 bits per heavy atom. The highest BCUT2D eigenvalue weighted by Crippen LogP contribution is 2.31. The summed E-state index contributed by atoms with van der Waals surface area (Å²) in [6, 6.07) is 10.4. The van der Waals surface area contributed by atoms with Crippen molar-refractivity contribution in [2.45, 2.75) is 11.8 Å². The molecule has 2 aromatic carbocycles. The molecule has 0 atom stereocenters. The summed E-state index contributed by atoms with van der Waals surface area (Å²) in [6.45, 7) is 1.52. The zero-order valence-corrected chi connectivity index (χ0v) is 14.3. The molecule has 130 valence electrons. The van der Waals surface area contributed by atoms with Crippen LogP contribution in [-0.4, -0.2) is 20.7 Å². The molecule has 0 aliphatic carbocycles. The minimum Gasteiger partial charge on any atom is -0.497 e. The van der Waals surface area contributed by atoms with Crippen LogP contribution in [-0.2, 0) is 10.0 Å². The van der Waals surface area contributed by atoms with Gasteiger partial charge in [-0.25, -0.2) is 17.5 Å². The lowest BCUT2D eigenvalue weighted by atomic mass is 10.1. The molecular formula is C17H15FN2O4S. The van der Waals surface area contributed by atoms with Crippen LogP contribution in [0.4, 0.5) is 10.3 Å². The number of benzene rings is 2. The van der Waals surface area contributed by atoms with Crippen LogP contribution >= 0.6 is 0 Å². The quantitative estimate of drug-likeness (QED) is 0.750. The highest BCUT2D eigenvalue weighted by atomic mass is 32.2. The van der Waals surface area contributed by atoms with Gasteiger partial charge in [0.2, 0.25) is 5.88 Å². The van der Waals surface area contributed by atoms with Crippen molar-refractivity contribution in [2.75, 3.05) is 11.8 Å². The van der Waals surface area contributed by atoms with Gasteiger partial charge in [-0.1, -0.05) is 17.3 Å². The predicted molar refractivity (Wildman–Crippen MR) is 90.4 cm³/mol. The van der Waals surface area contributed by atoms with Gasteiger partial charge >= 0.3 is 0 Å². The summed E-state index contributed by atoms with van der Waals surface area (Å²) in [5, 5.41) is 3.66. The molecule has 0 unspecified atom stereocenters. The maximum absolute atomic E-state index is 13.2. The van der Waals surface area contributed by atoms with Crippen LogP contribution in [0, 0.1) is 12.7 Å². The topological polar surface area (TPSA) is 81.4 Å². The van der Waals surface area contributed by atoms with E-state index in [1.165, 1.54) is 19.2 Å². The average Bonchev–Trinajstić information content (AvgIpc) is 3.02. The highest BCUT2D eigenvalue weighted by Gasteiger charge is 2.22. The molecule has 6 nitrogen and oxygen atoms in total. The molecule has 0 aliphatic heterocycles. The Balaban J connectivity index is 1.94. The van der Waals surface area contributed by atoms with Crippen molar-refractivity contribution < 1.29 is 22.1 Å². The maximum atomic E-state index is 13.2. The number of halogens is 1. The van der Waals surface area contributed by atoms with Gasteiger partial charge in [-0.05, 0) is 48.4 Å². The lowest BCUT2D eigenvalue weighted by Gasteiger charge is -2.09. The van der Waals surface area contributed by atoms with E-state index in [0.29, 0.717) is 16.9 Å². The maximum Gasteiger partial charge on any atom is 0.264 e. The number of methoxy groups -OCH3 is 1. The molecule has 1 N–H and O–H groups in total. The van der Waals surface area contributed by atoms with Crippen LogP contribution in [0.1, 0.15) is 5.56 Å². The number of hydrogen-bond acceptors (Lipinski definition) is 5. The molecule has 0 spiro atoms. The fourth-order valence-corrected chi connectivity index (χ4v) is 3.61. The molecule has 0 aliphatic rings. The molecule has 0 saturated carbocycles. The van der Waals surface area contributed by atoms with Crippen molar-refractivity contribution in [1.82, 2.24) is 5.16 Å². The van der Waals surface area contributed by atoms with E-state index in [0.717, 1.165) is 12.1 Å². The first-order valence-electron chi connectivity index (χ1n) is 7.29. The van der Waals surface area contributed by atoms with E-state index in [1.807, 2.05) is 0 Å². The number of hydrogen-bond donors (Lipinski definition) is 1. The number of sulfonamides is 1. The smallest absolute Gasteiger partial charge is 0.264 e. The summed E-state index contributed by atoms with van der Waals surface area (Å²) in [6.07, 6.45) is 1.41. The Morgan fingerprint density at radius 2 is 1.88 bits per heavy atom. The Morgan fingerprint density at radius 3 is 2.52 bits per heavy atom. The van der Waals surface area contributed by atoms with E-state index in [-0.39, 0.29) is 16.3 Å². The van der Waals surface area contributed by atoms with Crippen LogP contribution in [0.2, 0.25) is 0 Å².